The molecule has 1 fully saturated rings. The first-order chi connectivity index (χ1) is 9.58. The van der Waals surface area contributed by atoms with E-state index < -0.39 is 0 Å². The van der Waals surface area contributed by atoms with Crippen LogP contribution in [0.4, 0.5) is 5.69 Å². The number of hydrogen-bond acceptors (Lipinski definition) is 2. The van der Waals surface area contributed by atoms with Gasteiger partial charge in [-0.2, -0.15) is 0 Å². The van der Waals surface area contributed by atoms with Gasteiger partial charge in [0.05, 0.1) is 0 Å². The van der Waals surface area contributed by atoms with E-state index in [1.807, 2.05) is 0 Å². The molecule has 2 rings (SSSR count). The predicted octanol–water partition coefficient (Wildman–Crippen LogP) is 3.93. The van der Waals surface area contributed by atoms with Gasteiger partial charge in [-0.15, -0.1) is 0 Å². The minimum absolute atomic E-state index is 0.410. The summed E-state index contributed by atoms with van der Waals surface area (Å²) in [4.78, 5) is 2.52. The molecule has 0 saturated heterocycles. The summed E-state index contributed by atoms with van der Waals surface area (Å²) in [5.74, 6) is 0.740. The molecular weight excluding hydrogens is 244 g/mol. The van der Waals surface area contributed by atoms with Crippen molar-refractivity contribution in [2.24, 2.45) is 11.3 Å². The number of hydrogen-bond donors (Lipinski definition) is 1. The Balaban J connectivity index is 2.10. The third kappa shape index (κ3) is 3.35. The van der Waals surface area contributed by atoms with Gasteiger partial charge in [-0.1, -0.05) is 38.5 Å². The maximum absolute atomic E-state index is 3.60. The first-order valence-electron chi connectivity index (χ1n) is 8.05. The van der Waals surface area contributed by atoms with Gasteiger partial charge < -0.3 is 10.2 Å². The summed E-state index contributed by atoms with van der Waals surface area (Å²) in [5, 5.41) is 3.60. The third-order valence-electron chi connectivity index (χ3n) is 4.98. The summed E-state index contributed by atoms with van der Waals surface area (Å²) in [6.07, 6.45) is 4.05. The molecule has 2 nitrogen and oxygen atoms in total. The second-order valence-electron chi connectivity index (χ2n) is 6.78. The van der Waals surface area contributed by atoms with Crippen LogP contribution in [0.15, 0.2) is 30.3 Å². The van der Waals surface area contributed by atoms with Gasteiger partial charge >= 0.3 is 0 Å². The summed E-state index contributed by atoms with van der Waals surface area (Å²) in [6, 6.07) is 11.4. The molecule has 1 aliphatic carbocycles. The molecule has 1 N–H and O–H groups in total. The van der Waals surface area contributed by atoms with Crippen molar-refractivity contribution in [2.75, 3.05) is 25.0 Å². The van der Waals surface area contributed by atoms with Gasteiger partial charge in [-0.3, -0.25) is 0 Å². The summed E-state index contributed by atoms with van der Waals surface area (Å²) in [6.45, 7) is 9.33. The molecule has 0 radical (unpaired) electrons. The molecule has 2 unspecified atom stereocenters. The largest absolute Gasteiger partial charge is 0.371 e. The number of benzene rings is 1. The van der Waals surface area contributed by atoms with Crippen molar-refractivity contribution < 1.29 is 0 Å². The standard InChI is InChI=1S/C18H30N2/c1-5-20(16-11-7-6-8-12-16)14-15-10-9-13-18(2,3)17(15)19-4/h6-8,11-12,15,17,19H,5,9-10,13-14H2,1-4H3. The Kier molecular flexibility index (Phi) is 5.09. The van der Waals surface area contributed by atoms with Gasteiger partial charge in [-0.05, 0) is 50.3 Å². The molecule has 1 saturated carbocycles. The van der Waals surface area contributed by atoms with Crippen molar-refractivity contribution in [3.8, 4) is 0 Å². The zero-order valence-corrected chi connectivity index (χ0v) is 13.5. The molecule has 2 heteroatoms. The lowest BCUT2D eigenvalue weighted by atomic mass is 9.68. The van der Waals surface area contributed by atoms with Crippen LogP contribution in [-0.4, -0.2) is 26.2 Å². The molecule has 20 heavy (non-hydrogen) atoms. The van der Waals surface area contributed by atoms with Crippen molar-refractivity contribution in [1.29, 1.82) is 0 Å². The minimum Gasteiger partial charge on any atom is -0.371 e. The second-order valence-corrected chi connectivity index (χ2v) is 6.78. The highest BCUT2D eigenvalue weighted by Crippen LogP contribution is 2.39. The van der Waals surface area contributed by atoms with Crippen LogP contribution in [0, 0.1) is 11.3 Å². The maximum Gasteiger partial charge on any atom is 0.0366 e. The Morgan fingerprint density at radius 3 is 2.55 bits per heavy atom. The van der Waals surface area contributed by atoms with Crippen LogP contribution in [0.1, 0.15) is 40.0 Å². The molecule has 0 bridgehead atoms. The molecule has 0 aliphatic heterocycles. The summed E-state index contributed by atoms with van der Waals surface area (Å²) >= 11 is 0. The highest BCUT2D eigenvalue weighted by Gasteiger charge is 2.38. The predicted molar refractivity (Wildman–Crippen MR) is 88.3 cm³/mol. The SMILES string of the molecule is CCN(CC1CCCC(C)(C)C1NC)c1ccccc1. The molecule has 2 atom stereocenters. The Morgan fingerprint density at radius 1 is 1.25 bits per heavy atom. The third-order valence-corrected chi connectivity index (χ3v) is 4.98. The normalized spacial score (nSPS) is 25.4. The smallest absolute Gasteiger partial charge is 0.0366 e. The average molecular weight is 274 g/mol. The quantitative estimate of drug-likeness (QED) is 0.875. The van der Waals surface area contributed by atoms with Crippen molar-refractivity contribution >= 4 is 5.69 Å². The molecule has 1 aromatic carbocycles. The van der Waals surface area contributed by atoms with E-state index in [1.165, 1.54) is 24.9 Å². The summed E-state index contributed by atoms with van der Waals surface area (Å²) < 4.78 is 0. The fraction of sp³-hybridized carbons (Fsp3) is 0.667. The van der Waals surface area contributed by atoms with E-state index in [1.54, 1.807) is 0 Å². The first-order valence-corrected chi connectivity index (χ1v) is 8.05. The Labute approximate surface area is 124 Å². The highest BCUT2D eigenvalue weighted by atomic mass is 15.1. The topological polar surface area (TPSA) is 15.3 Å². The van der Waals surface area contributed by atoms with Gasteiger partial charge in [0.15, 0.2) is 0 Å². The van der Waals surface area contributed by atoms with Gasteiger partial charge in [0.2, 0.25) is 0 Å². The lowest BCUT2D eigenvalue weighted by Crippen LogP contribution is -2.51. The van der Waals surface area contributed by atoms with Crippen molar-refractivity contribution in [1.82, 2.24) is 5.32 Å². The molecule has 0 aromatic heterocycles. The van der Waals surface area contributed by atoms with E-state index in [0.717, 1.165) is 19.0 Å². The maximum atomic E-state index is 3.60. The van der Waals surface area contributed by atoms with E-state index >= 15 is 0 Å². The van der Waals surface area contributed by atoms with Crippen LogP contribution >= 0.6 is 0 Å². The number of nitrogens with zero attached hydrogens (tertiary/aromatic N) is 1. The fourth-order valence-corrected chi connectivity index (χ4v) is 3.94. The minimum atomic E-state index is 0.410. The number of anilines is 1. The molecule has 0 heterocycles. The number of nitrogens with one attached hydrogen (secondary N) is 1. The van der Waals surface area contributed by atoms with Crippen LogP contribution in [0.2, 0.25) is 0 Å². The molecule has 0 spiro atoms. The van der Waals surface area contributed by atoms with Crippen LogP contribution in [-0.2, 0) is 0 Å². The van der Waals surface area contributed by atoms with E-state index in [4.69, 9.17) is 0 Å². The number of rotatable bonds is 5. The van der Waals surface area contributed by atoms with Gasteiger partial charge in [0.1, 0.15) is 0 Å². The van der Waals surface area contributed by atoms with E-state index in [2.05, 4.69) is 68.4 Å². The van der Waals surface area contributed by atoms with Crippen LogP contribution in [0.3, 0.4) is 0 Å². The molecule has 112 valence electrons. The van der Waals surface area contributed by atoms with Gasteiger partial charge in [0.25, 0.3) is 0 Å². The molecule has 0 amide bonds. The second kappa shape index (κ2) is 6.62. The molecule has 1 aliphatic rings. The Morgan fingerprint density at radius 2 is 1.95 bits per heavy atom. The fourth-order valence-electron chi connectivity index (χ4n) is 3.94. The van der Waals surface area contributed by atoms with E-state index in [9.17, 15) is 0 Å². The summed E-state index contributed by atoms with van der Waals surface area (Å²) in [5.41, 5.74) is 1.77. The van der Waals surface area contributed by atoms with Crippen LogP contribution < -0.4 is 10.2 Å². The summed E-state index contributed by atoms with van der Waals surface area (Å²) in [7, 11) is 2.13. The first kappa shape index (κ1) is 15.4. The zero-order chi connectivity index (χ0) is 14.6. The lowest BCUT2D eigenvalue weighted by molar-refractivity contribution is 0.117. The van der Waals surface area contributed by atoms with Gasteiger partial charge in [0, 0.05) is 24.8 Å². The molecule has 1 aromatic rings. The van der Waals surface area contributed by atoms with Crippen molar-refractivity contribution in [3.05, 3.63) is 30.3 Å². The lowest BCUT2D eigenvalue weighted by Gasteiger charge is -2.45. The van der Waals surface area contributed by atoms with Crippen molar-refractivity contribution in [3.63, 3.8) is 0 Å². The number of para-hydroxylation sites is 1. The highest BCUT2D eigenvalue weighted by molar-refractivity contribution is 5.45. The Hall–Kier alpha value is -1.02. The monoisotopic (exact) mass is 274 g/mol. The van der Waals surface area contributed by atoms with E-state index in [-0.39, 0.29) is 0 Å². The van der Waals surface area contributed by atoms with Crippen molar-refractivity contribution in [2.45, 2.75) is 46.1 Å². The van der Waals surface area contributed by atoms with Crippen LogP contribution in [0.5, 0.6) is 0 Å². The van der Waals surface area contributed by atoms with E-state index in [0.29, 0.717) is 11.5 Å². The van der Waals surface area contributed by atoms with Crippen LogP contribution in [0.25, 0.3) is 0 Å². The zero-order valence-electron chi connectivity index (χ0n) is 13.5. The Bertz CT molecular complexity index is 399. The molecular formula is C18H30N2. The van der Waals surface area contributed by atoms with Gasteiger partial charge in [-0.25, -0.2) is 0 Å². The average Bonchev–Trinajstić information content (AvgIpc) is 2.45.